The third kappa shape index (κ3) is 3.43. The van der Waals surface area contributed by atoms with Crippen LogP contribution in [0.15, 0.2) is 5.38 Å². The first-order valence-electron chi connectivity index (χ1n) is 5.87. The quantitative estimate of drug-likeness (QED) is 0.846. The second kappa shape index (κ2) is 6.18. The SMILES string of the molecule is CCc1csc(NCCN2CCOCC2)n1. The summed E-state index contributed by atoms with van der Waals surface area (Å²) >= 11 is 1.70. The van der Waals surface area contributed by atoms with E-state index in [1.807, 2.05) is 0 Å². The van der Waals surface area contributed by atoms with Gasteiger partial charge in [0.2, 0.25) is 0 Å². The Bertz CT molecular complexity index is 310. The lowest BCUT2D eigenvalue weighted by Crippen LogP contribution is -2.38. The molecule has 90 valence electrons. The van der Waals surface area contributed by atoms with Gasteiger partial charge in [0.15, 0.2) is 5.13 Å². The van der Waals surface area contributed by atoms with E-state index < -0.39 is 0 Å². The minimum absolute atomic E-state index is 0.872. The molecular formula is C11H19N3OS. The standard InChI is InChI=1S/C11H19N3OS/c1-2-10-9-16-11(13-10)12-3-4-14-5-7-15-8-6-14/h9H,2-8H2,1H3,(H,12,13). The molecule has 0 atom stereocenters. The molecule has 1 aliphatic heterocycles. The van der Waals surface area contributed by atoms with Crippen LogP contribution < -0.4 is 5.32 Å². The summed E-state index contributed by atoms with van der Waals surface area (Å²) in [6.07, 6.45) is 1.02. The van der Waals surface area contributed by atoms with E-state index in [1.165, 1.54) is 5.69 Å². The summed E-state index contributed by atoms with van der Waals surface area (Å²) in [5.74, 6) is 0. The van der Waals surface area contributed by atoms with Gasteiger partial charge in [0.1, 0.15) is 0 Å². The number of anilines is 1. The van der Waals surface area contributed by atoms with Crippen LogP contribution in [-0.4, -0.2) is 49.3 Å². The number of aryl methyl sites for hydroxylation is 1. The van der Waals surface area contributed by atoms with Crippen molar-refractivity contribution in [3.05, 3.63) is 11.1 Å². The second-order valence-electron chi connectivity index (χ2n) is 3.88. The first-order chi connectivity index (χ1) is 7.88. The molecule has 0 aliphatic carbocycles. The molecule has 0 bridgehead atoms. The van der Waals surface area contributed by atoms with Crippen molar-refractivity contribution in [2.45, 2.75) is 13.3 Å². The summed E-state index contributed by atoms with van der Waals surface area (Å²) < 4.78 is 5.31. The fourth-order valence-electron chi connectivity index (χ4n) is 1.70. The monoisotopic (exact) mass is 241 g/mol. The number of nitrogens with one attached hydrogen (secondary N) is 1. The minimum atomic E-state index is 0.872. The topological polar surface area (TPSA) is 37.4 Å². The van der Waals surface area contributed by atoms with Gasteiger partial charge in [-0.3, -0.25) is 4.90 Å². The van der Waals surface area contributed by atoms with Gasteiger partial charge in [-0.2, -0.15) is 0 Å². The summed E-state index contributed by atoms with van der Waals surface area (Å²) in [6.45, 7) is 8.03. The Hall–Kier alpha value is -0.650. The molecule has 4 nitrogen and oxygen atoms in total. The first-order valence-corrected chi connectivity index (χ1v) is 6.75. The summed E-state index contributed by atoms with van der Waals surface area (Å²) in [7, 11) is 0. The smallest absolute Gasteiger partial charge is 0.182 e. The largest absolute Gasteiger partial charge is 0.379 e. The fraction of sp³-hybridized carbons (Fsp3) is 0.727. The predicted molar refractivity (Wildman–Crippen MR) is 67.2 cm³/mol. The van der Waals surface area contributed by atoms with Crippen molar-refractivity contribution in [1.82, 2.24) is 9.88 Å². The van der Waals surface area contributed by atoms with Crippen molar-refractivity contribution in [2.75, 3.05) is 44.7 Å². The zero-order valence-electron chi connectivity index (χ0n) is 9.74. The van der Waals surface area contributed by atoms with Gasteiger partial charge in [0.25, 0.3) is 0 Å². The van der Waals surface area contributed by atoms with Crippen LogP contribution in [0.5, 0.6) is 0 Å². The summed E-state index contributed by atoms with van der Waals surface area (Å²) in [5, 5.41) is 6.54. The van der Waals surface area contributed by atoms with E-state index >= 15 is 0 Å². The van der Waals surface area contributed by atoms with Gasteiger partial charge in [0.05, 0.1) is 18.9 Å². The molecule has 0 radical (unpaired) electrons. The number of nitrogens with zero attached hydrogens (tertiary/aromatic N) is 2. The van der Waals surface area contributed by atoms with Gasteiger partial charge in [-0.1, -0.05) is 6.92 Å². The van der Waals surface area contributed by atoms with Gasteiger partial charge in [0, 0.05) is 31.6 Å². The molecule has 1 aromatic heterocycles. The molecule has 0 aromatic carbocycles. The molecule has 0 spiro atoms. The Kier molecular flexibility index (Phi) is 4.56. The Morgan fingerprint density at radius 1 is 1.50 bits per heavy atom. The number of thiazole rings is 1. The molecule has 1 saturated heterocycles. The van der Waals surface area contributed by atoms with Crippen molar-refractivity contribution in [1.29, 1.82) is 0 Å². The fourth-order valence-corrected chi connectivity index (χ4v) is 2.52. The van der Waals surface area contributed by atoms with E-state index in [0.717, 1.165) is 50.9 Å². The Morgan fingerprint density at radius 2 is 2.31 bits per heavy atom. The number of rotatable bonds is 5. The van der Waals surface area contributed by atoms with Crippen LogP contribution >= 0.6 is 11.3 Å². The average molecular weight is 241 g/mol. The third-order valence-corrected chi connectivity index (χ3v) is 3.57. The molecular weight excluding hydrogens is 222 g/mol. The van der Waals surface area contributed by atoms with Crippen molar-refractivity contribution >= 4 is 16.5 Å². The van der Waals surface area contributed by atoms with Gasteiger partial charge in [-0.25, -0.2) is 4.98 Å². The average Bonchev–Trinajstić information content (AvgIpc) is 2.78. The highest BCUT2D eigenvalue weighted by atomic mass is 32.1. The van der Waals surface area contributed by atoms with Crippen molar-refractivity contribution in [2.24, 2.45) is 0 Å². The van der Waals surface area contributed by atoms with Crippen LogP contribution in [0.2, 0.25) is 0 Å². The first kappa shape index (κ1) is 11.8. The molecule has 2 heterocycles. The van der Waals surface area contributed by atoms with E-state index in [-0.39, 0.29) is 0 Å². The van der Waals surface area contributed by atoms with Crippen LogP contribution in [0.25, 0.3) is 0 Å². The van der Waals surface area contributed by atoms with Crippen molar-refractivity contribution < 1.29 is 4.74 Å². The maximum Gasteiger partial charge on any atom is 0.182 e. The Morgan fingerprint density at radius 3 is 3.00 bits per heavy atom. The highest BCUT2D eigenvalue weighted by molar-refractivity contribution is 7.13. The zero-order valence-corrected chi connectivity index (χ0v) is 10.6. The van der Waals surface area contributed by atoms with Crippen LogP contribution in [0.4, 0.5) is 5.13 Å². The highest BCUT2D eigenvalue weighted by Crippen LogP contribution is 2.15. The van der Waals surface area contributed by atoms with Gasteiger partial charge in [-0.15, -0.1) is 11.3 Å². The third-order valence-electron chi connectivity index (χ3n) is 2.72. The van der Waals surface area contributed by atoms with Crippen LogP contribution in [0, 0.1) is 0 Å². The maximum atomic E-state index is 5.31. The lowest BCUT2D eigenvalue weighted by atomic mass is 10.4. The van der Waals surface area contributed by atoms with E-state index in [2.05, 4.69) is 27.5 Å². The van der Waals surface area contributed by atoms with Gasteiger partial charge >= 0.3 is 0 Å². The summed E-state index contributed by atoms with van der Waals surface area (Å²) in [5.41, 5.74) is 1.18. The van der Waals surface area contributed by atoms with E-state index in [4.69, 9.17) is 4.74 Å². The van der Waals surface area contributed by atoms with E-state index in [0.29, 0.717) is 0 Å². The van der Waals surface area contributed by atoms with Crippen LogP contribution in [-0.2, 0) is 11.2 Å². The van der Waals surface area contributed by atoms with Gasteiger partial charge < -0.3 is 10.1 Å². The second-order valence-corrected chi connectivity index (χ2v) is 4.74. The van der Waals surface area contributed by atoms with Crippen LogP contribution in [0.3, 0.4) is 0 Å². The van der Waals surface area contributed by atoms with E-state index in [9.17, 15) is 0 Å². The normalized spacial score (nSPS) is 17.6. The van der Waals surface area contributed by atoms with E-state index in [1.54, 1.807) is 11.3 Å². The molecule has 2 rings (SSSR count). The molecule has 1 aliphatic rings. The molecule has 1 N–H and O–H groups in total. The molecule has 5 heteroatoms. The van der Waals surface area contributed by atoms with Crippen molar-refractivity contribution in [3.8, 4) is 0 Å². The molecule has 1 aromatic rings. The Balaban J connectivity index is 1.66. The molecule has 1 fully saturated rings. The number of hydrogen-bond donors (Lipinski definition) is 1. The molecule has 16 heavy (non-hydrogen) atoms. The van der Waals surface area contributed by atoms with Crippen LogP contribution in [0.1, 0.15) is 12.6 Å². The summed E-state index contributed by atoms with van der Waals surface area (Å²) in [6, 6.07) is 0. The zero-order chi connectivity index (χ0) is 11.2. The highest BCUT2D eigenvalue weighted by Gasteiger charge is 2.09. The lowest BCUT2D eigenvalue weighted by Gasteiger charge is -2.26. The molecule has 0 saturated carbocycles. The minimum Gasteiger partial charge on any atom is -0.379 e. The molecule has 0 amide bonds. The molecule has 0 unspecified atom stereocenters. The number of hydrogen-bond acceptors (Lipinski definition) is 5. The number of aromatic nitrogens is 1. The predicted octanol–water partition coefficient (Wildman–Crippen LogP) is 1.45. The Labute approximate surface area is 101 Å². The number of ether oxygens (including phenoxy) is 1. The lowest BCUT2D eigenvalue weighted by molar-refractivity contribution is 0.0398. The maximum absolute atomic E-state index is 5.31. The van der Waals surface area contributed by atoms with Crippen molar-refractivity contribution in [3.63, 3.8) is 0 Å². The summed E-state index contributed by atoms with van der Waals surface area (Å²) in [4.78, 5) is 6.90. The number of morpholine rings is 1. The van der Waals surface area contributed by atoms with Gasteiger partial charge in [-0.05, 0) is 6.42 Å².